The third-order valence-electron chi connectivity index (χ3n) is 4.47. The van der Waals surface area contributed by atoms with E-state index in [9.17, 15) is 4.79 Å². The van der Waals surface area contributed by atoms with Gasteiger partial charge in [-0.25, -0.2) is 4.98 Å². The molecule has 2 aromatic heterocycles. The Balaban J connectivity index is 1.39. The summed E-state index contributed by atoms with van der Waals surface area (Å²) >= 11 is 0. The van der Waals surface area contributed by atoms with E-state index in [0.29, 0.717) is 17.5 Å². The summed E-state index contributed by atoms with van der Waals surface area (Å²) in [5.41, 5.74) is 4.53. The summed E-state index contributed by atoms with van der Waals surface area (Å²) in [7, 11) is 0. The summed E-state index contributed by atoms with van der Waals surface area (Å²) < 4.78 is 1.57. The minimum absolute atomic E-state index is 0.136. The number of benzene rings is 2. The number of carbonyl (C=O) groups excluding carboxylic acids is 1. The Morgan fingerprint density at radius 2 is 1.58 bits per heavy atom. The van der Waals surface area contributed by atoms with E-state index in [2.05, 4.69) is 31.0 Å². The number of carbonyl (C=O) groups is 1. The van der Waals surface area contributed by atoms with Crippen molar-refractivity contribution in [3.8, 4) is 0 Å². The van der Waals surface area contributed by atoms with Gasteiger partial charge < -0.3 is 16.0 Å². The molecule has 0 saturated heterocycles. The van der Waals surface area contributed by atoms with Crippen LogP contribution in [0.2, 0.25) is 0 Å². The van der Waals surface area contributed by atoms with Crippen LogP contribution in [0.1, 0.15) is 11.3 Å². The molecule has 2 aromatic carbocycles. The third-order valence-corrected chi connectivity index (χ3v) is 4.47. The predicted octanol–water partition coefficient (Wildman–Crippen LogP) is 4.42. The molecule has 31 heavy (non-hydrogen) atoms. The Morgan fingerprint density at radius 3 is 2.29 bits per heavy atom. The first-order valence-corrected chi connectivity index (χ1v) is 9.87. The second kappa shape index (κ2) is 9.08. The van der Waals surface area contributed by atoms with Crippen molar-refractivity contribution >= 4 is 34.7 Å². The van der Waals surface area contributed by atoms with Crippen LogP contribution in [0.5, 0.6) is 0 Å². The molecule has 4 aromatic rings. The zero-order valence-electron chi connectivity index (χ0n) is 17.3. The first kappa shape index (κ1) is 20.1. The number of amides is 1. The van der Waals surface area contributed by atoms with Gasteiger partial charge in [-0.15, -0.1) is 0 Å². The summed E-state index contributed by atoms with van der Waals surface area (Å²) in [6.45, 7) is 4.14. The molecular weight excluding hydrogens is 390 g/mol. The van der Waals surface area contributed by atoms with Gasteiger partial charge in [-0.2, -0.15) is 10.1 Å². The smallest absolute Gasteiger partial charge is 0.246 e. The molecule has 4 rings (SSSR count). The number of hydrogen-bond donors (Lipinski definition) is 3. The quantitative estimate of drug-likeness (QED) is 0.415. The predicted molar refractivity (Wildman–Crippen MR) is 122 cm³/mol. The summed E-state index contributed by atoms with van der Waals surface area (Å²) in [5.74, 6) is 1.06. The fourth-order valence-corrected chi connectivity index (χ4v) is 2.98. The van der Waals surface area contributed by atoms with E-state index in [4.69, 9.17) is 0 Å². The van der Waals surface area contributed by atoms with Gasteiger partial charge in [-0.1, -0.05) is 17.7 Å². The molecule has 0 bridgehead atoms. The Morgan fingerprint density at radius 1 is 0.903 bits per heavy atom. The van der Waals surface area contributed by atoms with Gasteiger partial charge in [0.2, 0.25) is 11.9 Å². The Hall–Kier alpha value is -4.20. The van der Waals surface area contributed by atoms with Gasteiger partial charge >= 0.3 is 0 Å². The maximum absolute atomic E-state index is 12.1. The lowest BCUT2D eigenvalue weighted by Gasteiger charge is -2.11. The maximum Gasteiger partial charge on any atom is 0.246 e. The highest BCUT2D eigenvalue weighted by molar-refractivity contribution is 5.90. The van der Waals surface area contributed by atoms with Crippen LogP contribution in [0.4, 0.5) is 28.8 Å². The standard InChI is InChI=1S/C23H23N7O/c1-16-4-6-20(7-5-16)28-23-25-17(2)14-21(29-23)26-18-8-10-19(11-9-18)27-22(31)15-30-13-3-12-24-30/h3-14H,15H2,1-2H3,(H,27,31)(H2,25,26,28,29). The van der Waals surface area contributed by atoms with Gasteiger partial charge in [0.1, 0.15) is 12.4 Å². The lowest BCUT2D eigenvalue weighted by Crippen LogP contribution is -2.18. The lowest BCUT2D eigenvalue weighted by atomic mass is 10.2. The lowest BCUT2D eigenvalue weighted by molar-refractivity contribution is -0.116. The number of nitrogens with zero attached hydrogens (tertiary/aromatic N) is 4. The van der Waals surface area contributed by atoms with Crippen molar-refractivity contribution in [2.24, 2.45) is 0 Å². The first-order chi connectivity index (χ1) is 15.0. The molecule has 0 saturated carbocycles. The fourth-order valence-electron chi connectivity index (χ4n) is 2.98. The van der Waals surface area contributed by atoms with Gasteiger partial charge in [0.25, 0.3) is 0 Å². The second-order valence-electron chi connectivity index (χ2n) is 7.16. The van der Waals surface area contributed by atoms with E-state index in [1.54, 1.807) is 23.1 Å². The maximum atomic E-state index is 12.1. The monoisotopic (exact) mass is 413 g/mol. The molecule has 0 atom stereocenters. The third kappa shape index (κ3) is 5.66. The van der Waals surface area contributed by atoms with E-state index in [-0.39, 0.29) is 12.5 Å². The number of aryl methyl sites for hydroxylation is 2. The van der Waals surface area contributed by atoms with Crippen molar-refractivity contribution in [2.75, 3.05) is 16.0 Å². The summed E-state index contributed by atoms with van der Waals surface area (Å²) in [6, 6.07) is 19.2. The molecule has 1 amide bonds. The highest BCUT2D eigenvalue weighted by Crippen LogP contribution is 2.21. The van der Waals surface area contributed by atoms with Crippen molar-refractivity contribution in [3.63, 3.8) is 0 Å². The molecular formula is C23H23N7O. The van der Waals surface area contributed by atoms with E-state index >= 15 is 0 Å². The average Bonchev–Trinajstić information content (AvgIpc) is 3.24. The van der Waals surface area contributed by atoms with E-state index < -0.39 is 0 Å². The van der Waals surface area contributed by atoms with Crippen molar-refractivity contribution < 1.29 is 4.79 Å². The van der Waals surface area contributed by atoms with Crippen LogP contribution >= 0.6 is 0 Å². The fraction of sp³-hybridized carbons (Fsp3) is 0.130. The molecule has 0 aliphatic rings. The van der Waals surface area contributed by atoms with Crippen molar-refractivity contribution in [3.05, 3.63) is 84.3 Å². The van der Waals surface area contributed by atoms with Crippen LogP contribution in [0.25, 0.3) is 0 Å². The molecule has 8 nitrogen and oxygen atoms in total. The molecule has 0 unspecified atom stereocenters. The van der Waals surface area contributed by atoms with Gasteiger partial charge in [-0.3, -0.25) is 9.48 Å². The van der Waals surface area contributed by atoms with E-state index in [0.717, 1.165) is 17.1 Å². The van der Waals surface area contributed by atoms with Crippen molar-refractivity contribution in [2.45, 2.75) is 20.4 Å². The van der Waals surface area contributed by atoms with Gasteiger partial charge in [0.05, 0.1) is 0 Å². The SMILES string of the molecule is Cc1ccc(Nc2nc(C)cc(Nc3ccc(NC(=O)Cn4cccn4)cc3)n2)cc1. The average molecular weight is 413 g/mol. The minimum atomic E-state index is -0.136. The van der Waals surface area contributed by atoms with Crippen LogP contribution in [0, 0.1) is 13.8 Å². The first-order valence-electron chi connectivity index (χ1n) is 9.87. The number of hydrogen-bond acceptors (Lipinski definition) is 6. The number of anilines is 5. The van der Waals surface area contributed by atoms with E-state index in [1.807, 2.05) is 68.4 Å². The Kier molecular flexibility index (Phi) is 5.89. The zero-order chi connectivity index (χ0) is 21.6. The molecule has 2 heterocycles. The topological polar surface area (TPSA) is 96.8 Å². The van der Waals surface area contributed by atoms with Crippen molar-refractivity contribution in [1.82, 2.24) is 19.7 Å². The van der Waals surface area contributed by atoms with E-state index in [1.165, 1.54) is 5.56 Å². The van der Waals surface area contributed by atoms with Gasteiger partial charge in [-0.05, 0) is 56.3 Å². The van der Waals surface area contributed by atoms with Crippen LogP contribution in [-0.4, -0.2) is 25.7 Å². The molecule has 3 N–H and O–H groups in total. The Bertz CT molecular complexity index is 1150. The molecule has 0 aliphatic heterocycles. The second-order valence-corrected chi connectivity index (χ2v) is 7.16. The van der Waals surface area contributed by atoms with Gasteiger partial charge in [0, 0.05) is 41.2 Å². The summed E-state index contributed by atoms with van der Waals surface area (Å²) in [6.07, 6.45) is 3.39. The van der Waals surface area contributed by atoms with Crippen LogP contribution in [-0.2, 0) is 11.3 Å². The summed E-state index contributed by atoms with van der Waals surface area (Å²) in [5, 5.41) is 13.4. The molecule has 0 radical (unpaired) electrons. The molecule has 0 aliphatic carbocycles. The zero-order valence-corrected chi connectivity index (χ0v) is 17.3. The van der Waals surface area contributed by atoms with Crippen LogP contribution in [0.15, 0.2) is 73.1 Å². The molecule has 0 fully saturated rings. The molecule has 156 valence electrons. The van der Waals surface area contributed by atoms with Crippen LogP contribution in [0.3, 0.4) is 0 Å². The molecule has 8 heteroatoms. The largest absolute Gasteiger partial charge is 0.340 e. The number of nitrogens with one attached hydrogen (secondary N) is 3. The highest BCUT2D eigenvalue weighted by Gasteiger charge is 2.06. The normalized spacial score (nSPS) is 10.5. The Labute approximate surface area is 180 Å². The van der Waals surface area contributed by atoms with Crippen LogP contribution < -0.4 is 16.0 Å². The van der Waals surface area contributed by atoms with Crippen molar-refractivity contribution in [1.29, 1.82) is 0 Å². The number of rotatable bonds is 7. The molecule has 0 spiro atoms. The number of aromatic nitrogens is 4. The summed E-state index contributed by atoms with van der Waals surface area (Å²) in [4.78, 5) is 21.1. The minimum Gasteiger partial charge on any atom is -0.340 e. The highest BCUT2D eigenvalue weighted by atomic mass is 16.2. The van der Waals surface area contributed by atoms with Gasteiger partial charge in [0.15, 0.2) is 0 Å².